The Balaban J connectivity index is 1.87. The Morgan fingerprint density at radius 2 is 1.38 bits per heavy atom. The van der Waals surface area contributed by atoms with Crippen LogP contribution >= 0.6 is 23.2 Å². The first-order valence-electron chi connectivity index (χ1n) is 7.71. The molecule has 0 spiro atoms. The second-order valence-corrected chi connectivity index (χ2v) is 6.12. The summed E-state index contributed by atoms with van der Waals surface area (Å²) in [6.07, 6.45) is 0. The largest absolute Gasteiger partial charge is 0.348 e. The fourth-order valence-electron chi connectivity index (χ4n) is 2.09. The summed E-state index contributed by atoms with van der Waals surface area (Å²) in [6, 6.07) is 22.2. The lowest BCUT2D eigenvalue weighted by Crippen LogP contribution is -2.30. The SMILES string of the molecule is O=C(Nc1ccccc1)N(N=Nc1ccc(Cl)cc1)c1ccc(Cl)cc1. The monoisotopic (exact) mass is 384 g/mol. The van der Waals surface area contributed by atoms with Gasteiger partial charge in [0.15, 0.2) is 0 Å². The van der Waals surface area contributed by atoms with Crippen molar-refractivity contribution >= 4 is 46.3 Å². The molecule has 0 aliphatic carbocycles. The van der Waals surface area contributed by atoms with Crippen LogP contribution in [0.1, 0.15) is 0 Å². The first kappa shape index (κ1) is 17.9. The van der Waals surface area contributed by atoms with E-state index >= 15 is 0 Å². The summed E-state index contributed by atoms with van der Waals surface area (Å²) in [5.74, 6) is 0. The minimum absolute atomic E-state index is 0.448. The van der Waals surface area contributed by atoms with Crippen molar-refractivity contribution in [2.45, 2.75) is 0 Å². The predicted octanol–water partition coefficient (Wildman–Crippen LogP) is 6.73. The molecule has 3 aromatic rings. The minimum Gasteiger partial charge on any atom is -0.306 e. The summed E-state index contributed by atoms with van der Waals surface area (Å²) in [4.78, 5) is 12.7. The van der Waals surface area contributed by atoms with E-state index < -0.39 is 6.03 Å². The number of hydrogen-bond donors (Lipinski definition) is 1. The van der Waals surface area contributed by atoms with Gasteiger partial charge < -0.3 is 5.32 Å². The maximum atomic E-state index is 12.7. The number of anilines is 2. The summed E-state index contributed by atoms with van der Waals surface area (Å²) in [5, 5.41) is 13.3. The molecule has 3 aromatic carbocycles. The standard InChI is InChI=1S/C19H14Cl2N4O/c20-14-6-10-17(11-7-14)23-24-25(18-12-8-15(21)9-13-18)19(26)22-16-4-2-1-3-5-16/h1-13H,(H,22,26). The van der Waals surface area contributed by atoms with Gasteiger partial charge in [0.1, 0.15) is 0 Å². The number of nitrogens with one attached hydrogen (secondary N) is 1. The molecule has 2 amide bonds. The zero-order chi connectivity index (χ0) is 18.4. The van der Waals surface area contributed by atoms with E-state index in [0.29, 0.717) is 27.1 Å². The highest BCUT2D eigenvalue weighted by molar-refractivity contribution is 6.30. The Morgan fingerprint density at radius 3 is 2.00 bits per heavy atom. The molecule has 5 nitrogen and oxygen atoms in total. The number of hydrogen-bond acceptors (Lipinski definition) is 3. The van der Waals surface area contributed by atoms with Crippen LogP contribution in [0.5, 0.6) is 0 Å². The summed E-state index contributed by atoms with van der Waals surface area (Å²) in [5.41, 5.74) is 1.75. The van der Waals surface area contributed by atoms with Crippen molar-refractivity contribution in [3.8, 4) is 0 Å². The molecule has 0 aliphatic rings. The molecule has 0 aromatic heterocycles. The van der Waals surface area contributed by atoms with Gasteiger partial charge in [-0.2, -0.15) is 5.01 Å². The highest BCUT2D eigenvalue weighted by Crippen LogP contribution is 2.22. The molecule has 0 fully saturated rings. The lowest BCUT2D eigenvalue weighted by atomic mass is 10.3. The van der Waals surface area contributed by atoms with E-state index in [1.165, 1.54) is 0 Å². The number of para-hydroxylation sites is 1. The molecular formula is C19H14Cl2N4O. The van der Waals surface area contributed by atoms with E-state index in [9.17, 15) is 4.79 Å². The first-order valence-corrected chi connectivity index (χ1v) is 8.46. The van der Waals surface area contributed by atoms with Gasteiger partial charge in [-0.25, -0.2) is 4.79 Å². The number of urea groups is 1. The Hall–Kier alpha value is -2.89. The fourth-order valence-corrected chi connectivity index (χ4v) is 2.35. The van der Waals surface area contributed by atoms with Gasteiger partial charge in [0.2, 0.25) is 0 Å². The second kappa shape index (κ2) is 8.47. The summed E-state index contributed by atoms with van der Waals surface area (Å²) in [6.45, 7) is 0. The van der Waals surface area contributed by atoms with Gasteiger partial charge in [-0.1, -0.05) is 46.6 Å². The number of carbonyl (C=O) groups excluding carboxylic acids is 1. The lowest BCUT2D eigenvalue weighted by Gasteiger charge is -2.16. The number of nitrogens with zero attached hydrogens (tertiary/aromatic N) is 3. The third-order valence-corrected chi connectivity index (χ3v) is 3.87. The van der Waals surface area contributed by atoms with Gasteiger partial charge in [-0.05, 0) is 60.7 Å². The maximum Gasteiger partial charge on any atom is 0.348 e. The van der Waals surface area contributed by atoms with Crippen molar-refractivity contribution in [1.82, 2.24) is 0 Å². The van der Waals surface area contributed by atoms with Gasteiger partial charge >= 0.3 is 6.03 Å². The third-order valence-electron chi connectivity index (χ3n) is 3.36. The predicted molar refractivity (Wildman–Crippen MR) is 105 cm³/mol. The molecule has 0 unspecified atom stereocenters. The summed E-state index contributed by atoms with van der Waals surface area (Å²) in [7, 11) is 0. The van der Waals surface area contributed by atoms with Crippen molar-refractivity contribution < 1.29 is 4.79 Å². The Bertz CT molecular complexity index is 897. The maximum absolute atomic E-state index is 12.7. The van der Waals surface area contributed by atoms with Gasteiger partial charge in [0.25, 0.3) is 0 Å². The van der Waals surface area contributed by atoms with E-state index in [2.05, 4.69) is 15.7 Å². The second-order valence-electron chi connectivity index (χ2n) is 5.25. The fraction of sp³-hybridized carbons (Fsp3) is 0. The van der Waals surface area contributed by atoms with Crippen molar-refractivity contribution in [1.29, 1.82) is 0 Å². The van der Waals surface area contributed by atoms with E-state index in [1.807, 2.05) is 18.2 Å². The zero-order valence-electron chi connectivity index (χ0n) is 13.5. The zero-order valence-corrected chi connectivity index (χ0v) is 15.0. The molecule has 0 aliphatic heterocycles. The van der Waals surface area contributed by atoms with E-state index in [0.717, 1.165) is 5.01 Å². The molecule has 0 atom stereocenters. The Morgan fingerprint density at radius 1 is 0.808 bits per heavy atom. The van der Waals surface area contributed by atoms with Crippen LogP contribution < -0.4 is 10.3 Å². The molecule has 0 bridgehead atoms. The van der Waals surface area contributed by atoms with E-state index in [1.54, 1.807) is 60.7 Å². The van der Waals surface area contributed by atoms with Gasteiger partial charge in [0, 0.05) is 15.7 Å². The number of rotatable bonds is 4. The Kier molecular flexibility index (Phi) is 5.84. The minimum atomic E-state index is -0.448. The molecule has 0 saturated carbocycles. The van der Waals surface area contributed by atoms with Gasteiger partial charge in [-0.15, -0.1) is 5.11 Å². The summed E-state index contributed by atoms with van der Waals surface area (Å²) >= 11 is 11.8. The molecule has 1 N–H and O–H groups in total. The molecule has 3 rings (SSSR count). The van der Waals surface area contributed by atoms with Crippen LogP contribution in [-0.4, -0.2) is 6.03 Å². The lowest BCUT2D eigenvalue weighted by molar-refractivity contribution is 0.257. The summed E-state index contributed by atoms with van der Waals surface area (Å²) < 4.78 is 0. The number of halogens is 2. The molecule has 0 heterocycles. The van der Waals surface area contributed by atoms with Crippen LogP contribution in [-0.2, 0) is 0 Å². The Labute approximate surface area is 160 Å². The van der Waals surface area contributed by atoms with E-state index in [4.69, 9.17) is 23.2 Å². The molecule has 0 saturated heterocycles. The normalized spacial score (nSPS) is 10.7. The van der Waals surface area contributed by atoms with Crippen molar-refractivity contribution in [3.63, 3.8) is 0 Å². The molecule has 26 heavy (non-hydrogen) atoms. The van der Waals surface area contributed by atoms with Crippen LogP contribution in [0.3, 0.4) is 0 Å². The molecule has 0 radical (unpaired) electrons. The highest BCUT2D eigenvalue weighted by atomic mass is 35.5. The topological polar surface area (TPSA) is 57.1 Å². The van der Waals surface area contributed by atoms with E-state index in [-0.39, 0.29) is 0 Å². The average Bonchev–Trinajstić information content (AvgIpc) is 2.65. The van der Waals surface area contributed by atoms with Crippen LogP contribution in [0.25, 0.3) is 0 Å². The van der Waals surface area contributed by atoms with Crippen molar-refractivity contribution in [3.05, 3.63) is 88.9 Å². The number of benzene rings is 3. The van der Waals surface area contributed by atoms with Crippen LogP contribution in [0.2, 0.25) is 10.0 Å². The molecule has 7 heteroatoms. The number of carbonyl (C=O) groups is 1. The van der Waals surface area contributed by atoms with Gasteiger partial charge in [0.05, 0.1) is 11.4 Å². The van der Waals surface area contributed by atoms with Crippen LogP contribution in [0.15, 0.2) is 89.2 Å². The van der Waals surface area contributed by atoms with Crippen LogP contribution in [0.4, 0.5) is 21.9 Å². The van der Waals surface area contributed by atoms with Crippen molar-refractivity contribution in [2.24, 2.45) is 10.3 Å². The third kappa shape index (κ3) is 4.81. The first-order chi connectivity index (χ1) is 12.6. The highest BCUT2D eigenvalue weighted by Gasteiger charge is 2.16. The van der Waals surface area contributed by atoms with Crippen molar-refractivity contribution in [2.75, 3.05) is 10.3 Å². The van der Waals surface area contributed by atoms with Crippen LogP contribution in [0, 0.1) is 0 Å². The average molecular weight is 385 g/mol. The smallest absolute Gasteiger partial charge is 0.306 e. The van der Waals surface area contributed by atoms with Gasteiger partial charge in [-0.3, -0.25) is 0 Å². The number of amides is 2. The quantitative estimate of drug-likeness (QED) is 0.393. The molecule has 130 valence electrons. The molecular weight excluding hydrogens is 371 g/mol.